The van der Waals surface area contributed by atoms with Crippen molar-refractivity contribution in [2.75, 3.05) is 5.75 Å². The highest BCUT2D eigenvalue weighted by Gasteiger charge is 2.27. The number of amides is 1. The minimum Gasteiger partial charge on any atom is -0.294 e. The maximum absolute atomic E-state index is 11.6. The molecule has 0 radical (unpaired) electrons. The average Bonchev–Trinajstić information content (AvgIpc) is 2.32. The summed E-state index contributed by atoms with van der Waals surface area (Å²) in [6.07, 6.45) is 0. The number of nitrogens with two attached hydrogens (primary N) is 1. The Balaban J connectivity index is 2.78. The molecule has 18 heavy (non-hydrogen) atoms. The molecule has 0 aliphatic heterocycles. The largest absolute Gasteiger partial charge is 0.294 e. The van der Waals surface area contributed by atoms with E-state index in [0.29, 0.717) is 10.9 Å². The van der Waals surface area contributed by atoms with E-state index in [0.717, 1.165) is 17.0 Å². The van der Waals surface area contributed by atoms with Crippen LogP contribution >= 0.6 is 11.8 Å². The van der Waals surface area contributed by atoms with Gasteiger partial charge in [0.25, 0.3) is 0 Å². The lowest BCUT2D eigenvalue weighted by molar-refractivity contribution is -0.128. The fourth-order valence-corrected chi connectivity index (χ4v) is 2.34. The van der Waals surface area contributed by atoms with E-state index < -0.39 is 5.41 Å². The molecule has 1 aromatic heterocycles. The van der Waals surface area contributed by atoms with Crippen LogP contribution in [0.4, 0.5) is 0 Å². The van der Waals surface area contributed by atoms with Crippen molar-refractivity contribution in [3.05, 3.63) is 17.0 Å². The summed E-state index contributed by atoms with van der Waals surface area (Å²) in [5, 5.41) is 0.702. The van der Waals surface area contributed by atoms with Crippen LogP contribution in [0, 0.1) is 26.2 Å². The van der Waals surface area contributed by atoms with Gasteiger partial charge in [-0.3, -0.25) is 10.2 Å². The summed E-state index contributed by atoms with van der Waals surface area (Å²) in [6.45, 7) is 9.62. The molecule has 5 nitrogen and oxygen atoms in total. The van der Waals surface area contributed by atoms with Gasteiger partial charge < -0.3 is 0 Å². The van der Waals surface area contributed by atoms with Gasteiger partial charge in [-0.05, 0) is 26.3 Å². The van der Waals surface area contributed by atoms with Crippen LogP contribution in [0.5, 0.6) is 0 Å². The molecule has 1 heterocycles. The summed E-state index contributed by atoms with van der Waals surface area (Å²) in [5.41, 5.74) is 4.70. The highest BCUT2D eigenvalue weighted by Crippen LogP contribution is 2.26. The molecular formula is C12H20N4OS. The van der Waals surface area contributed by atoms with Crippen molar-refractivity contribution in [3.8, 4) is 0 Å². The first kappa shape index (κ1) is 14.9. The van der Waals surface area contributed by atoms with Crippen molar-refractivity contribution in [3.63, 3.8) is 0 Å². The van der Waals surface area contributed by atoms with Gasteiger partial charge in [0.05, 0.1) is 5.41 Å². The van der Waals surface area contributed by atoms with Crippen LogP contribution in [0.1, 0.15) is 30.8 Å². The normalized spacial score (nSPS) is 11.4. The summed E-state index contributed by atoms with van der Waals surface area (Å²) in [5.74, 6) is 5.55. The average molecular weight is 268 g/mol. The SMILES string of the molecule is Cc1nc(SCC(C)(C)C(=O)NN)nc(C)c1C. The molecule has 0 atom stereocenters. The Morgan fingerprint density at radius 1 is 1.28 bits per heavy atom. The molecule has 3 N–H and O–H groups in total. The van der Waals surface area contributed by atoms with Gasteiger partial charge in [0.2, 0.25) is 5.91 Å². The number of hydrogen-bond donors (Lipinski definition) is 2. The van der Waals surface area contributed by atoms with Gasteiger partial charge in [0, 0.05) is 17.1 Å². The molecule has 0 saturated carbocycles. The van der Waals surface area contributed by atoms with Gasteiger partial charge in [-0.1, -0.05) is 25.6 Å². The van der Waals surface area contributed by atoms with E-state index in [2.05, 4.69) is 15.4 Å². The number of aryl methyl sites for hydroxylation is 2. The molecule has 0 aliphatic rings. The van der Waals surface area contributed by atoms with Crippen molar-refractivity contribution < 1.29 is 4.79 Å². The molecule has 1 amide bonds. The molecule has 100 valence electrons. The second-order valence-electron chi connectivity index (χ2n) is 4.95. The van der Waals surface area contributed by atoms with E-state index in [4.69, 9.17) is 5.84 Å². The first-order valence-electron chi connectivity index (χ1n) is 5.73. The lowest BCUT2D eigenvalue weighted by Crippen LogP contribution is -2.42. The van der Waals surface area contributed by atoms with Crippen LogP contribution in [0.2, 0.25) is 0 Å². The van der Waals surface area contributed by atoms with Crippen molar-refractivity contribution in [2.24, 2.45) is 11.3 Å². The molecule has 0 saturated heterocycles. The second kappa shape index (κ2) is 5.67. The van der Waals surface area contributed by atoms with Gasteiger partial charge in [-0.2, -0.15) is 0 Å². The van der Waals surface area contributed by atoms with E-state index in [-0.39, 0.29) is 5.91 Å². The molecule has 0 aliphatic carbocycles. The number of nitrogens with zero attached hydrogens (tertiary/aromatic N) is 2. The van der Waals surface area contributed by atoms with Crippen LogP contribution in [0.3, 0.4) is 0 Å². The van der Waals surface area contributed by atoms with Crippen LogP contribution in [0.25, 0.3) is 0 Å². The summed E-state index contributed by atoms with van der Waals surface area (Å²) in [6, 6.07) is 0. The molecule has 0 spiro atoms. The number of aromatic nitrogens is 2. The number of thioether (sulfide) groups is 1. The van der Waals surface area contributed by atoms with Crippen molar-refractivity contribution >= 4 is 17.7 Å². The Morgan fingerprint density at radius 2 is 1.78 bits per heavy atom. The predicted molar refractivity (Wildman–Crippen MR) is 73.1 cm³/mol. The maximum Gasteiger partial charge on any atom is 0.240 e. The number of carbonyl (C=O) groups excluding carboxylic acids is 1. The Kier molecular flexibility index (Phi) is 4.70. The topological polar surface area (TPSA) is 80.9 Å². The summed E-state index contributed by atoms with van der Waals surface area (Å²) >= 11 is 1.47. The summed E-state index contributed by atoms with van der Waals surface area (Å²) in [7, 11) is 0. The quantitative estimate of drug-likeness (QED) is 0.284. The van der Waals surface area contributed by atoms with E-state index in [1.807, 2.05) is 34.6 Å². The molecule has 0 fully saturated rings. The van der Waals surface area contributed by atoms with Crippen molar-refractivity contribution in [1.82, 2.24) is 15.4 Å². The third kappa shape index (κ3) is 3.43. The van der Waals surface area contributed by atoms with Gasteiger partial charge >= 0.3 is 0 Å². The zero-order valence-electron chi connectivity index (χ0n) is 11.5. The lowest BCUT2D eigenvalue weighted by Gasteiger charge is -2.21. The Labute approximate surface area is 112 Å². The fraction of sp³-hybridized carbons (Fsp3) is 0.583. The molecule has 0 unspecified atom stereocenters. The summed E-state index contributed by atoms with van der Waals surface area (Å²) < 4.78 is 0. The first-order chi connectivity index (χ1) is 8.27. The van der Waals surface area contributed by atoms with Crippen LogP contribution < -0.4 is 11.3 Å². The molecule has 1 rings (SSSR count). The van der Waals surface area contributed by atoms with Gasteiger partial charge in [0.1, 0.15) is 0 Å². The first-order valence-corrected chi connectivity index (χ1v) is 6.72. The van der Waals surface area contributed by atoms with E-state index in [1.54, 1.807) is 0 Å². The minimum absolute atomic E-state index is 0.185. The standard InChI is InChI=1S/C12H20N4OS/c1-7-8(2)14-11(15-9(7)3)18-6-12(4,5)10(17)16-13/h6,13H2,1-5H3,(H,16,17). The van der Waals surface area contributed by atoms with Crippen molar-refractivity contribution in [2.45, 2.75) is 39.8 Å². The van der Waals surface area contributed by atoms with Crippen molar-refractivity contribution in [1.29, 1.82) is 0 Å². The second-order valence-corrected chi connectivity index (χ2v) is 5.89. The zero-order valence-corrected chi connectivity index (χ0v) is 12.3. The van der Waals surface area contributed by atoms with Crippen LogP contribution in [-0.2, 0) is 4.79 Å². The predicted octanol–water partition coefficient (Wildman–Crippen LogP) is 1.51. The number of nitrogens with one attached hydrogen (secondary N) is 1. The van der Waals surface area contributed by atoms with E-state index >= 15 is 0 Å². The third-order valence-electron chi connectivity index (χ3n) is 2.92. The number of hydrazine groups is 1. The number of carbonyl (C=O) groups is 1. The lowest BCUT2D eigenvalue weighted by atomic mass is 9.96. The highest BCUT2D eigenvalue weighted by atomic mass is 32.2. The number of hydrogen-bond acceptors (Lipinski definition) is 5. The van der Waals surface area contributed by atoms with Crippen LogP contribution in [-0.4, -0.2) is 21.6 Å². The van der Waals surface area contributed by atoms with Gasteiger partial charge in [-0.15, -0.1) is 0 Å². The summed E-state index contributed by atoms with van der Waals surface area (Å²) in [4.78, 5) is 20.4. The minimum atomic E-state index is -0.546. The van der Waals surface area contributed by atoms with E-state index in [1.165, 1.54) is 11.8 Å². The van der Waals surface area contributed by atoms with Crippen LogP contribution in [0.15, 0.2) is 5.16 Å². The zero-order chi connectivity index (χ0) is 13.9. The molecule has 1 aromatic rings. The molecule has 6 heteroatoms. The Bertz CT molecular complexity index is 436. The molecule has 0 aromatic carbocycles. The monoisotopic (exact) mass is 268 g/mol. The molecule has 0 bridgehead atoms. The van der Waals surface area contributed by atoms with Gasteiger partial charge in [-0.25, -0.2) is 15.8 Å². The number of rotatable bonds is 4. The third-order valence-corrected chi connectivity index (χ3v) is 4.23. The molecular weight excluding hydrogens is 248 g/mol. The smallest absolute Gasteiger partial charge is 0.240 e. The Morgan fingerprint density at radius 3 is 2.22 bits per heavy atom. The van der Waals surface area contributed by atoms with E-state index in [9.17, 15) is 4.79 Å². The van der Waals surface area contributed by atoms with Gasteiger partial charge in [0.15, 0.2) is 5.16 Å². The fourth-order valence-electron chi connectivity index (χ4n) is 1.31. The highest BCUT2D eigenvalue weighted by molar-refractivity contribution is 7.99. The Hall–Kier alpha value is -1.14. The maximum atomic E-state index is 11.6.